The molecule has 0 atom stereocenters. The maximum atomic E-state index is 12.1. The summed E-state index contributed by atoms with van der Waals surface area (Å²) in [7, 11) is -3.29. The summed E-state index contributed by atoms with van der Waals surface area (Å²) in [5.41, 5.74) is 2.64. The van der Waals surface area contributed by atoms with Gasteiger partial charge < -0.3 is 5.32 Å². The summed E-state index contributed by atoms with van der Waals surface area (Å²) in [6.45, 7) is 5.27. The van der Waals surface area contributed by atoms with Crippen molar-refractivity contribution in [2.75, 3.05) is 5.32 Å². The smallest absolute Gasteiger partial charge is 0.228 e. The Bertz CT molecular complexity index is 793. The minimum atomic E-state index is -3.29. The van der Waals surface area contributed by atoms with Crippen LogP contribution in [-0.2, 0) is 21.1 Å². The monoisotopic (exact) mass is 331 g/mol. The third-order valence-corrected chi connectivity index (χ3v) is 5.70. The van der Waals surface area contributed by atoms with Crippen LogP contribution in [0.4, 0.5) is 5.69 Å². The minimum absolute atomic E-state index is 0.130. The maximum Gasteiger partial charge on any atom is 0.228 e. The Morgan fingerprint density at radius 1 is 1.09 bits per heavy atom. The molecule has 5 heteroatoms. The average molecular weight is 331 g/mol. The summed E-state index contributed by atoms with van der Waals surface area (Å²) < 4.78 is 24.1. The summed E-state index contributed by atoms with van der Waals surface area (Å²) in [5.74, 6) is -0.130. The van der Waals surface area contributed by atoms with Gasteiger partial charge in [-0.25, -0.2) is 8.42 Å². The van der Waals surface area contributed by atoms with Gasteiger partial charge in [0.05, 0.1) is 16.6 Å². The van der Waals surface area contributed by atoms with Crippen molar-refractivity contribution in [2.45, 2.75) is 37.3 Å². The Balaban J connectivity index is 2.05. The second-order valence-corrected chi connectivity index (χ2v) is 8.34. The van der Waals surface area contributed by atoms with Crippen LogP contribution < -0.4 is 5.32 Å². The predicted octanol–water partition coefficient (Wildman–Crippen LogP) is 3.36. The van der Waals surface area contributed by atoms with Gasteiger partial charge in [0, 0.05) is 5.69 Å². The molecule has 122 valence electrons. The van der Waals surface area contributed by atoms with Gasteiger partial charge in [0.1, 0.15) is 0 Å². The van der Waals surface area contributed by atoms with E-state index in [2.05, 4.69) is 5.32 Å². The summed E-state index contributed by atoms with van der Waals surface area (Å²) in [6, 6.07) is 14.1. The highest BCUT2D eigenvalue weighted by Gasteiger charge is 2.18. The second-order valence-electron chi connectivity index (χ2n) is 5.83. The number of sulfone groups is 1. The quantitative estimate of drug-likeness (QED) is 0.914. The lowest BCUT2D eigenvalue weighted by molar-refractivity contribution is -0.115. The normalized spacial score (nSPS) is 11.5. The first-order valence-corrected chi connectivity index (χ1v) is 9.03. The molecule has 0 aromatic heterocycles. The van der Waals surface area contributed by atoms with Crippen LogP contribution >= 0.6 is 0 Å². The fraction of sp³-hybridized carbons (Fsp3) is 0.278. The first kappa shape index (κ1) is 17.2. The van der Waals surface area contributed by atoms with Gasteiger partial charge in [0.15, 0.2) is 9.84 Å². The van der Waals surface area contributed by atoms with Gasteiger partial charge in [0.2, 0.25) is 5.91 Å². The van der Waals surface area contributed by atoms with Crippen LogP contribution in [0.1, 0.15) is 25.0 Å². The number of aryl methyl sites for hydroxylation is 1. The van der Waals surface area contributed by atoms with Crippen LogP contribution in [0.3, 0.4) is 0 Å². The van der Waals surface area contributed by atoms with Crippen LogP contribution in [-0.4, -0.2) is 19.6 Å². The Kier molecular flexibility index (Phi) is 5.21. The average Bonchev–Trinajstić information content (AvgIpc) is 2.47. The highest BCUT2D eigenvalue weighted by Crippen LogP contribution is 2.18. The Morgan fingerprint density at radius 3 is 2.30 bits per heavy atom. The van der Waals surface area contributed by atoms with E-state index in [0.29, 0.717) is 5.69 Å². The molecular formula is C18H21NO3S. The van der Waals surface area contributed by atoms with Gasteiger partial charge in [-0.1, -0.05) is 29.8 Å². The number of hydrogen-bond donors (Lipinski definition) is 1. The van der Waals surface area contributed by atoms with E-state index in [1.807, 2.05) is 31.2 Å². The van der Waals surface area contributed by atoms with Crippen molar-refractivity contribution in [2.24, 2.45) is 0 Å². The van der Waals surface area contributed by atoms with Crippen molar-refractivity contribution in [3.63, 3.8) is 0 Å². The Hall–Kier alpha value is -2.14. The van der Waals surface area contributed by atoms with Gasteiger partial charge in [0.25, 0.3) is 0 Å². The van der Waals surface area contributed by atoms with E-state index in [9.17, 15) is 13.2 Å². The molecule has 0 saturated carbocycles. The second kappa shape index (κ2) is 6.96. The van der Waals surface area contributed by atoms with Gasteiger partial charge in [-0.3, -0.25) is 4.79 Å². The van der Waals surface area contributed by atoms with Crippen LogP contribution in [0.5, 0.6) is 0 Å². The van der Waals surface area contributed by atoms with Crippen molar-refractivity contribution in [1.82, 2.24) is 0 Å². The fourth-order valence-corrected chi connectivity index (χ4v) is 3.27. The number of carbonyl (C=O) groups excluding carboxylic acids is 1. The molecule has 2 aromatic rings. The van der Waals surface area contributed by atoms with E-state index in [0.717, 1.165) is 11.1 Å². The van der Waals surface area contributed by atoms with Gasteiger partial charge >= 0.3 is 0 Å². The number of nitrogens with one attached hydrogen (secondary N) is 1. The Labute approximate surface area is 137 Å². The third-order valence-electron chi connectivity index (χ3n) is 3.53. The molecule has 2 aromatic carbocycles. The third kappa shape index (κ3) is 4.42. The molecule has 2 rings (SSSR count). The van der Waals surface area contributed by atoms with E-state index in [-0.39, 0.29) is 17.2 Å². The fourth-order valence-electron chi connectivity index (χ4n) is 2.21. The van der Waals surface area contributed by atoms with Crippen LogP contribution in [0, 0.1) is 6.92 Å². The standard InChI is InChI=1S/C18H21NO3S/c1-13(2)23(21,22)17-9-7-16(8-10-17)19-18(20)12-15-6-4-5-14(3)11-15/h4-11,13H,12H2,1-3H3,(H,19,20). The Morgan fingerprint density at radius 2 is 1.74 bits per heavy atom. The number of carbonyl (C=O) groups is 1. The van der Waals surface area contributed by atoms with E-state index in [1.165, 1.54) is 12.1 Å². The maximum absolute atomic E-state index is 12.1. The molecule has 0 radical (unpaired) electrons. The molecule has 0 aliphatic heterocycles. The highest BCUT2D eigenvalue weighted by molar-refractivity contribution is 7.92. The van der Waals surface area contributed by atoms with E-state index >= 15 is 0 Å². The molecule has 0 bridgehead atoms. The first-order valence-electron chi connectivity index (χ1n) is 7.48. The largest absolute Gasteiger partial charge is 0.326 e. The van der Waals surface area contributed by atoms with Crippen molar-refractivity contribution in [3.8, 4) is 0 Å². The predicted molar refractivity (Wildman–Crippen MR) is 92.3 cm³/mol. The molecule has 23 heavy (non-hydrogen) atoms. The number of anilines is 1. The van der Waals surface area contributed by atoms with Gasteiger partial charge in [-0.15, -0.1) is 0 Å². The summed E-state index contributed by atoms with van der Waals surface area (Å²) >= 11 is 0. The lowest BCUT2D eigenvalue weighted by Crippen LogP contribution is -2.16. The van der Waals surface area contributed by atoms with Crippen molar-refractivity contribution in [3.05, 3.63) is 59.7 Å². The lowest BCUT2D eigenvalue weighted by atomic mass is 10.1. The van der Waals surface area contributed by atoms with Gasteiger partial charge in [-0.05, 0) is 50.6 Å². The number of hydrogen-bond acceptors (Lipinski definition) is 3. The highest BCUT2D eigenvalue weighted by atomic mass is 32.2. The molecule has 0 spiro atoms. The van der Waals surface area contributed by atoms with Gasteiger partial charge in [-0.2, -0.15) is 0 Å². The zero-order valence-corrected chi connectivity index (χ0v) is 14.4. The molecule has 0 unspecified atom stereocenters. The van der Waals surface area contributed by atoms with E-state index in [4.69, 9.17) is 0 Å². The van der Waals surface area contributed by atoms with E-state index in [1.54, 1.807) is 26.0 Å². The van der Waals surface area contributed by atoms with Crippen LogP contribution in [0.2, 0.25) is 0 Å². The molecule has 4 nitrogen and oxygen atoms in total. The molecule has 0 aliphatic carbocycles. The molecule has 1 amide bonds. The summed E-state index contributed by atoms with van der Waals surface area (Å²) in [5, 5.41) is 2.32. The zero-order valence-electron chi connectivity index (χ0n) is 13.5. The summed E-state index contributed by atoms with van der Waals surface area (Å²) in [6.07, 6.45) is 0.285. The zero-order chi connectivity index (χ0) is 17.0. The van der Waals surface area contributed by atoms with E-state index < -0.39 is 15.1 Å². The van der Waals surface area contributed by atoms with Crippen LogP contribution in [0.15, 0.2) is 53.4 Å². The molecule has 1 N–H and O–H groups in total. The lowest BCUT2D eigenvalue weighted by Gasteiger charge is -2.09. The molecule has 0 heterocycles. The van der Waals surface area contributed by atoms with Crippen molar-refractivity contribution >= 4 is 21.4 Å². The SMILES string of the molecule is Cc1cccc(CC(=O)Nc2ccc(S(=O)(=O)C(C)C)cc2)c1. The molecule has 0 saturated heterocycles. The van der Waals surface area contributed by atoms with Crippen molar-refractivity contribution in [1.29, 1.82) is 0 Å². The van der Waals surface area contributed by atoms with Crippen LogP contribution in [0.25, 0.3) is 0 Å². The number of benzene rings is 2. The topological polar surface area (TPSA) is 63.2 Å². The molecule has 0 fully saturated rings. The van der Waals surface area contributed by atoms with Crippen molar-refractivity contribution < 1.29 is 13.2 Å². The number of amides is 1. The molecule has 0 aliphatic rings. The number of rotatable bonds is 5. The minimum Gasteiger partial charge on any atom is -0.326 e. The summed E-state index contributed by atoms with van der Waals surface area (Å²) in [4.78, 5) is 12.3. The molecular weight excluding hydrogens is 310 g/mol. The first-order chi connectivity index (χ1) is 10.8.